The molecule has 0 aliphatic rings. The number of thioether (sulfide) groups is 1. The zero-order chi connectivity index (χ0) is 18.1. The molecule has 0 N–H and O–H groups in total. The third-order valence-corrected chi connectivity index (χ3v) is 4.54. The van der Waals surface area contributed by atoms with Gasteiger partial charge in [-0.15, -0.1) is 11.8 Å². The van der Waals surface area contributed by atoms with Crippen molar-refractivity contribution in [2.75, 3.05) is 31.4 Å². The second kappa shape index (κ2) is 9.60. The van der Waals surface area contributed by atoms with Crippen LogP contribution in [-0.2, 0) is 4.79 Å². The Kier molecular flexibility index (Phi) is 7.17. The average Bonchev–Trinajstić information content (AvgIpc) is 2.67. The van der Waals surface area contributed by atoms with E-state index in [0.29, 0.717) is 18.0 Å². The smallest absolute Gasteiger partial charge is 0.237 e. The van der Waals surface area contributed by atoms with Gasteiger partial charge in [-0.25, -0.2) is 0 Å². The van der Waals surface area contributed by atoms with Crippen molar-refractivity contribution in [3.05, 3.63) is 48.5 Å². The third kappa shape index (κ3) is 5.16. The fraction of sp³-hybridized carbons (Fsp3) is 0.263. The first kappa shape index (κ1) is 18.7. The highest BCUT2D eigenvalue weighted by molar-refractivity contribution is 8.00. The molecule has 0 aliphatic carbocycles. The maximum atomic E-state index is 12.7. The predicted octanol–water partition coefficient (Wildman–Crippen LogP) is 3.74. The summed E-state index contributed by atoms with van der Waals surface area (Å²) in [5, 5.41) is 8.89. The molecule has 0 aromatic heterocycles. The lowest BCUT2D eigenvalue weighted by atomic mass is 10.2. The van der Waals surface area contributed by atoms with Crippen LogP contribution < -0.4 is 14.4 Å². The molecule has 130 valence electrons. The minimum absolute atomic E-state index is 0.0689. The molecule has 2 aromatic rings. The lowest BCUT2D eigenvalue weighted by molar-refractivity contribution is -0.116. The molecule has 5 nitrogen and oxygen atoms in total. The number of nitriles is 1. The molecular weight excluding hydrogens is 336 g/mol. The first-order valence-corrected chi connectivity index (χ1v) is 8.75. The standard InChI is InChI=1S/C19H20N2O3S/c1-23-15-8-10-16(11-9-15)25-14-19(22)21(13-5-12-20)17-6-3-4-7-18(17)24-2/h3-4,6-11H,5,13-14H2,1-2H3. The molecule has 0 spiro atoms. The van der Waals surface area contributed by atoms with Crippen LogP contribution in [0.5, 0.6) is 11.5 Å². The van der Waals surface area contributed by atoms with Gasteiger partial charge in [0.2, 0.25) is 5.91 Å². The van der Waals surface area contributed by atoms with E-state index in [1.807, 2.05) is 42.5 Å². The number of carbonyl (C=O) groups is 1. The summed E-state index contributed by atoms with van der Waals surface area (Å²) in [6.07, 6.45) is 0.261. The predicted molar refractivity (Wildman–Crippen MR) is 99.3 cm³/mol. The number of para-hydroxylation sites is 2. The number of carbonyl (C=O) groups excluding carboxylic acids is 1. The molecule has 0 fully saturated rings. The van der Waals surface area contributed by atoms with E-state index in [9.17, 15) is 4.79 Å². The van der Waals surface area contributed by atoms with E-state index in [-0.39, 0.29) is 18.1 Å². The molecule has 0 atom stereocenters. The number of ether oxygens (including phenoxy) is 2. The highest BCUT2D eigenvalue weighted by Gasteiger charge is 2.19. The van der Waals surface area contributed by atoms with Gasteiger partial charge in [-0.2, -0.15) is 5.26 Å². The zero-order valence-electron chi connectivity index (χ0n) is 14.3. The summed E-state index contributed by atoms with van der Waals surface area (Å²) >= 11 is 1.45. The second-order valence-electron chi connectivity index (χ2n) is 5.09. The van der Waals surface area contributed by atoms with Gasteiger partial charge in [-0.05, 0) is 36.4 Å². The molecule has 0 heterocycles. The van der Waals surface area contributed by atoms with Crippen molar-refractivity contribution in [3.8, 4) is 17.6 Å². The second-order valence-corrected chi connectivity index (χ2v) is 6.14. The molecule has 2 aromatic carbocycles. The quantitative estimate of drug-likeness (QED) is 0.674. The summed E-state index contributed by atoms with van der Waals surface area (Å²) < 4.78 is 10.5. The Morgan fingerprint density at radius 2 is 1.84 bits per heavy atom. The summed E-state index contributed by atoms with van der Waals surface area (Å²) in [5.41, 5.74) is 0.681. The molecule has 0 saturated heterocycles. The SMILES string of the molecule is COc1ccc(SCC(=O)N(CCC#N)c2ccccc2OC)cc1. The Labute approximate surface area is 152 Å². The summed E-state index contributed by atoms with van der Waals surface area (Å²) in [6.45, 7) is 0.332. The first-order chi connectivity index (χ1) is 12.2. The van der Waals surface area contributed by atoms with E-state index in [4.69, 9.17) is 14.7 Å². The molecule has 0 radical (unpaired) electrons. The number of benzene rings is 2. The fourth-order valence-electron chi connectivity index (χ4n) is 2.29. The molecule has 6 heteroatoms. The molecule has 0 aliphatic heterocycles. The maximum absolute atomic E-state index is 12.7. The summed E-state index contributed by atoms with van der Waals surface area (Å²) in [5.74, 6) is 1.60. The van der Waals surface area contributed by atoms with Crippen LogP contribution in [0.2, 0.25) is 0 Å². The van der Waals surface area contributed by atoms with Gasteiger partial charge in [0.25, 0.3) is 0 Å². The highest BCUT2D eigenvalue weighted by atomic mass is 32.2. The molecule has 2 rings (SSSR count). The minimum Gasteiger partial charge on any atom is -0.497 e. The number of nitrogens with zero attached hydrogens (tertiary/aromatic N) is 2. The van der Waals surface area contributed by atoms with Gasteiger partial charge < -0.3 is 14.4 Å². The van der Waals surface area contributed by atoms with E-state index >= 15 is 0 Å². The lowest BCUT2D eigenvalue weighted by Gasteiger charge is -2.23. The number of rotatable bonds is 8. The van der Waals surface area contributed by atoms with Crippen LogP contribution >= 0.6 is 11.8 Å². The van der Waals surface area contributed by atoms with Crippen LogP contribution in [0.3, 0.4) is 0 Å². The number of methoxy groups -OCH3 is 2. The average molecular weight is 356 g/mol. The topological polar surface area (TPSA) is 62.6 Å². The van der Waals surface area contributed by atoms with Crippen molar-refractivity contribution in [2.45, 2.75) is 11.3 Å². The monoisotopic (exact) mass is 356 g/mol. The molecule has 0 unspecified atom stereocenters. The summed E-state index contributed by atoms with van der Waals surface area (Å²) in [4.78, 5) is 15.3. The van der Waals surface area contributed by atoms with E-state index in [0.717, 1.165) is 10.6 Å². The van der Waals surface area contributed by atoms with Gasteiger partial charge in [0.15, 0.2) is 0 Å². The van der Waals surface area contributed by atoms with Crippen LogP contribution in [0, 0.1) is 11.3 Å². The molecule has 1 amide bonds. The highest BCUT2D eigenvalue weighted by Crippen LogP contribution is 2.29. The number of anilines is 1. The number of hydrogen-bond acceptors (Lipinski definition) is 5. The summed E-state index contributed by atoms with van der Waals surface area (Å²) in [7, 11) is 3.18. The third-order valence-electron chi connectivity index (χ3n) is 3.55. The molecule has 25 heavy (non-hydrogen) atoms. The van der Waals surface area contributed by atoms with Gasteiger partial charge in [-0.1, -0.05) is 12.1 Å². The Morgan fingerprint density at radius 3 is 2.48 bits per heavy atom. The van der Waals surface area contributed by atoms with Crippen molar-refractivity contribution in [3.63, 3.8) is 0 Å². The number of amides is 1. The Bertz CT molecular complexity index is 741. The Morgan fingerprint density at radius 1 is 1.12 bits per heavy atom. The van der Waals surface area contributed by atoms with Crippen molar-refractivity contribution < 1.29 is 14.3 Å². The maximum Gasteiger partial charge on any atom is 0.237 e. The van der Waals surface area contributed by atoms with Crippen molar-refractivity contribution >= 4 is 23.4 Å². The largest absolute Gasteiger partial charge is 0.497 e. The van der Waals surface area contributed by atoms with Crippen molar-refractivity contribution in [1.29, 1.82) is 5.26 Å². The van der Waals surface area contributed by atoms with E-state index in [2.05, 4.69) is 6.07 Å². The Balaban J connectivity index is 2.11. The van der Waals surface area contributed by atoms with E-state index in [1.54, 1.807) is 25.2 Å². The normalized spacial score (nSPS) is 9.96. The van der Waals surface area contributed by atoms with E-state index < -0.39 is 0 Å². The van der Waals surface area contributed by atoms with Crippen LogP contribution in [-0.4, -0.2) is 32.4 Å². The summed E-state index contributed by atoms with van der Waals surface area (Å²) in [6, 6.07) is 17.0. The minimum atomic E-state index is -0.0689. The lowest BCUT2D eigenvalue weighted by Crippen LogP contribution is -2.33. The van der Waals surface area contributed by atoms with Crippen molar-refractivity contribution in [1.82, 2.24) is 0 Å². The van der Waals surface area contributed by atoms with Gasteiger partial charge in [0, 0.05) is 11.4 Å². The van der Waals surface area contributed by atoms with Gasteiger partial charge in [0.05, 0.1) is 38.1 Å². The van der Waals surface area contributed by atoms with Crippen LogP contribution in [0.1, 0.15) is 6.42 Å². The van der Waals surface area contributed by atoms with Gasteiger partial charge in [0.1, 0.15) is 11.5 Å². The van der Waals surface area contributed by atoms with Gasteiger partial charge >= 0.3 is 0 Å². The van der Waals surface area contributed by atoms with Crippen LogP contribution in [0.25, 0.3) is 0 Å². The number of hydrogen-bond donors (Lipinski definition) is 0. The molecular formula is C19H20N2O3S. The zero-order valence-corrected chi connectivity index (χ0v) is 15.1. The van der Waals surface area contributed by atoms with E-state index in [1.165, 1.54) is 11.8 Å². The van der Waals surface area contributed by atoms with Crippen molar-refractivity contribution in [2.24, 2.45) is 0 Å². The fourth-order valence-corrected chi connectivity index (χ4v) is 3.06. The first-order valence-electron chi connectivity index (χ1n) is 7.76. The molecule has 0 saturated carbocycles. The van der Waals surface area contributed by atoms with Crippen LogP contribution in [0.4, 0.5) is 5.69 Å². The molecule has 0 bridgehead atoms. The Hall–Kier alpha value is -2.65. The van der Waals surface area contributed by atoms with Gasteiger partial charge in [-0.3, -0.25) is 4.79 Å². The van der Waals surface area contributed by atoms with Crippen LogP contribution in [0.15, 0.2) is 53.4 Å².